The first-order chi connectivity index (χ1) is 16.1. The lowest BCUT2D eigenvalue weighted by molar-refractivity contribution is -0.132. The van der Waals surface area contributed by atoms with E-state index in [1.54, 1.807) is 18.0 Å². The summed E-state index contributed by atoms with van der Waals surface area (Å²) < 4.78 is 0. The highest BCUT2D eigenvalue weighted by Crippen LogP contribution is 2.20. The highest BCUT2D eigenvalue weighted by atomic mass is 32.1. The molecule has 5 rings (SSSR count). The van der Waals surface area contributed by atoms with Gasteiger partial charge in [-0.3, -0.25) is 9.59 Å². The van der Waals surface area contributed by atoms with Gasteiger partial charge in [-0.25, -0.2) is 4.98 Å². The van der Waals surface area contributed by atoms with Crippen molar-refractivity contribution in [1.29, 1.82) is 0 Å². The van der Waals surface area contributed by atoms with Crippen LogP contribution in [0.2, 0.25) is 0 Å². The van der Waals surface area contributed by atoms with Gasteiger partial charge in [0, 0.05) is 30.6 Å². The van der Waals surface area contributed by atoms with Crippen LogP contribution in [0.1, 0.15) is 21.1 Å². The Hall–Kier alpha value is -3.91. The topological polar surface area (TPSA) is 93.9 Å². The van der Waals surface area contributed by atoms with Gasteiger partial charge in [0.1, 0.15) is 11.9 Å². The number of nitrogens with one attached hydrogen (secondary N) is 3. The fraction of sp³-hybridized carbons (Fsp3) is 0.160. The van der Waals surface area contributed by atoms with Gasteiger partial charge in [-0.15, -0.1) is 11.3 Å². The minimum atomic E-state index is -0.715. The van der Waals surface area contributed by atoms with Crippen LogP contribution >= 0.6 is 11.3 Å². The number of thiophene rings is 1. The highest BCUT2D eigenvalue weighted by Gasteiger charge is 2.27. The molecule has 0 aliphatic heterocycles. The number of carbonyl (C=O) groups is 2. The summed E-state index contributed by atoms with van der Waals surface area (Å²) in [5, 5.41) is 5.84. The second kappa shape index (κ2) is 8.91. The lowest BCUT2D eigenvalue weighted by atomic mass is 10.0. The van der Waals surface area contributed by atoms with Crippen molar-refractivity contribution < 1.29 is 9.59 Å². The first-order valence-electron chi connectivity index (χ1n) is 10.7. The Balaban J connectivity index is 1.39. The fourth-order valence-electron chi connectivity index (χ4n) is 4.01. The first kappa shape index (κ1) is 21.0. The molecule has 0 radical (unpaired) electrons. The van der Waals surface area contributed by atoms with Crippen molar-refractivity contribution in [2.75, 3.05) is 7.05 Å². The predicted octanol–water partition coefficient (Wildman–Crippen LogP) is 4.11. The second-order valence-electron chi connectivity index (χ2n) is 7.96. The molecule has 1 atom stereocenters. The molecule has 0 aliphatic rings. The molecule has 33 heavy (non-hydrogen) atoms. The monoisotopic (exact) mass is 457 g/mol. The van der Waals surface area contributed by atoms with E-state index in [2.05, 4.69) is 20.3 Å². The van der Waals surface area contributed by atoms with Gasteiger partial charge in [-0.1, -0.05) is 36.4 Å². The van der Waals surface area contributed by atoms with Crippen LogP contribution in [0.5, 0.6) is 0 Å². The van der Waals surface area contributed by atoms with Gasteiger partial charge >= 0.3 is 0 Å². The quantitative estimate of drug-likeness (QED) is 0.343. The summed E-state index contributed by atoms with van der Waals surface area (Å²) in [5.41, 5.74) is 3.76. The number of para-hydroxylation sites is 3. The standard InChI is InChI=1S/C25H23N5O2S/c1-30(15-23-27-19-9-4-5-10-20(19)28-23)25(32)21(29-24(31)22-11-6-12-33-22)13-16-14-26-18-8-3-2-7-17(16)18/h2-12,14,21,26H,13,15H2,1H3,(H,27,28)(H,29,31). The van der Waals surface area contributed by atoms with Crippen molar-refractivity contribution in [3.63, 3.8) is 0 Å². The third-order valence-corrected chi connectivity index (χ3v) is 6.52. The van der Waals surface area contributed by atoms with E-state index in [0.29, 0.717) is 23.7 Å². The molecule has 1 unspecified atom stereocenters. The van der Waals surface area contributed by atoms with E-state index in [9.17, 15) is 9.59 Å². The minimum absolute atomic E-state index is 0.175. The zero-order chi connectivity index (χ0) is 22.8. The van der Waals surface area contributed by atoms with E-state index in [-0.39, 0.29) is 11.8 Å². The lowest BCUT2D eigenvalue weighted by Gasteiger charge is -2.24. The van der Waals surface area contributed by atoms with Crippen LogP contribution in [-0.2, 0) is 17.8 Å². The number of imidazole rings is 1. The van der Waals surface area contributed by atoms with Crippen molar-refractivity contribution in [3.8, 4) is 0 Å². The summed E-state index contributed by atoms with van der Waals surface area (Å²) in [4.78, 5) is 39.6. The second-order valence-corrected chi connectivity index (χ2v) is 8.91. The van der Waals surface area contributed by atoms with Gasteiger partial charge in [0.25, 0.3) is 5.91 Å². The Labute approximate surface area is 194 Å². The Morgan fingerprint density at radius 1 is 1.06 bits per heavy atom. The number of carbonyl (C=O) groups excluding carboxylic acids is 2. The molecule has 166 valence electrons. The molecule has 2 aromatic carbocycles. The smallest absolute Gasteiger partial charge is 0.262 e. The molecular formula is C25H23N5O2S. The Morgan fingerprint density at radius 2 is 1.85 bits per heavy atom. The molecule has 0 bridgehead atoms. The number of aromatic amines is 2. The van der Waals surface area contributed by atoms with E-state index in [0.717, 1.165) is 27.5 Å². The van der Waals surface area contributed by atoms with Gasteiger partial charge in [0.2, 0.25) is 5.91 Å². The van der Waals surface area contributed by atoms with Gasteiger partial charge in [-0.2, -0.15) is 0 Å². The molecule has 0 fully saturated rings. The third kappa shape index (κ3) is 4.38. The van der Waals surface area contributed by atoms with E-state index in [1.165, 1.54) is 11.3 Å². The molecule has 2 amide bonds. The minimum Gasteiger partial charge on any atom is -0.361 e. The number of hydrogen-bond donors (Lipinski definition) is 3. The molecule has 8 heteroatoms. The van der Waals surface area contributed by atoms with Crippen molar-refractivity contribution in [2.45, 2.75) is 19.0 Å². The maximum Gasteiger partial charge on any atom is 0.262 e. The van der Waals surface area contributed by atoms with Gasteiger partial charge in [0.15, 0.2) is 0 Å². The van der Waals surface area contributed by atoms with E-state index in [1.807, 2.05) is 66.2 Å². The highest BCUT2D eigenvalue weighted by molar-refractivity contribution is 7.12. The number of likely N-dealkylation sites (N-methyl/N-ethyl adjacent to an activating group) is 1. The normalized spacial score (nSPS) is 12.2. The van der Waals surface area contributed by atoms with Crippen LogP contribution in [0.25, 0.3) is 21.9 Å². The summed E-state index contributed by atoms with van der Waals surface area (Å²) in [5.74, 6) is 0.272. The Morgan fingerprint density at radius 3 is 2.64 bits per heavy atom. The molecule has 3 heterocycles. The number of rotatable bonds is 7. The molecule has 3 N–H and O–H groups in total. The largest absolute Gasteiger partial charge is 0.361 e. The molecule has 3 aromatic heterocycles. The van der Waals surface area contributed by atoms with Crippen LogP contribution in [0.15, 0.2) is 72.2 Å². The molecule has 0 aliphatic carbocycles. The van der Waals surface area contributed by atoms with Crippen molar-refractivity contribution in [1.82, 2.24) is 25.2 Å². The van der Waals surface area contributed by atoms with Gasteiger partial charge in [0.05, 0.1) is 22.5 Å². The summed E-state index contributed by atoms with van der Waals surface area (Å²) >= 11 is 1.35. The van der Waals surface area contributed by atoms with E-state index >= 15 is 0 Å². The number of H-pyrrole nitrogens is 2. The summed E-state index contributed by atoms with van der Waals surface area (Å²) in [6.07, 6.45) is 2.28. The average molecular weight is 458 g/mol. The molecule has 5 aromatic rings. The number of nitrogens with zero attached hydrogens (tertiary/aromatic N) is 2. The maximum absolute atomic E-state index is 13.5. The van der Waals surface area contributed by atoms with Crippen LogP contribution in [0.4, 0.5) is 0 Å². The zero-order valence-corrected chi connectivity index (χ0v) is 18.9. The number of fused-ring (bicyclic) bond motifs is 2. The van der Waals surface area contributed by atoms with Gasteiger partial charge < -0.3 is 20.2 Å². The average Bonchev–Trinajstić information content (AvgIpc) is 3.57. The van der Waals surface area contributed by atoms with Crippen LogP contribution < -0.4 is 5.32 Å². The summed E-state index contributed by atoms with van der Waals surface area (Å²) in [7, 11) is 1.73. The number of amides is 2. The Kier molecular flexibility index (Phi) is 5.66. The van der Waals surface area contributed by atoms with E-state index < -0.39 is 6.04 Å². The Bertz CT molecular complexity index is 1390. The van der Waals surface area contributed by atoms with E-state index in [4.69, 9.17) is 0 Å². The van der Waals surface area contributed by atoms with Crippen molar-refractivity contribution in [3.05, 3.63) is 88.5 Å². The van der Waals surface area contributed by atoms with Crippen LogP contribution in [0.3, 0.4) is 0 Å². The molecule has 0 saturated carbocycles. The SMILES string of the molecule is CN(Cc1nc2ccccc2[nH]1)C(=O)C(Cc1c[nH]c2ccccc12)NC(=O)c1cccs1. The lowest BCUT2D eigenvalue weighted by Crippen LogP contribution is -2.48. The number of hydrogen-bond acceptors (Lipinski definition) is 4. The molecular weight excluding hydrogens is 434 g/mol. The van der Waals surface area contributed by atoms with Crippen LogP contribution in [-0.4, -0.2) is 44.8 Å². The van der Waals surface area contributed by atoms with Crippen molar-refractivity contribution in [2.24, 2.45) is 0 Å². The van der Waals surface area contributed by atoms with Gasteiger partial charge in [-0.05, 0) is 35.2 Å². The first-order valence-corrected chi connectivity index (χ1v) is 11.5. The zero-order valence-electron chi connectivity index (χ0n) is 18.0. The molecule has 0 spiro atoms. The van der Waals surface area contributed by atoms with Crippen LogP contribution in [0, 0.1) is 0 Å². The molecule has 7 nitrogen and oxygen atoms in total. The summed E-state index contributed by atoms with van der Waals surface area (Å²) in [6.45, 7) is 0.312. The predicted molar refractivity (Wildman–Crippen MR) is 130 cm³/mol. The molecule has 0 saturated heterocycles. The fourth-order valence-corrected chi connectivity index (χ4v) is 4.63. The number of benzene rings is 2. The number of aromatic nitrogens is 3. The summed E-state index contributed by atoms with van der Waals surface area (Å²) in [6, 6.07) is 18.6. The van der Waals surface area contributed by atoms with Crippen molar-refractivity contribution >= 4 is 45.1 Å². The maximum atomic E-state index is 13.5. The third-order valence-electron chi connectivity index (χ3n) is 5.65.